The van der Waals surface area contributed by atoms with Crippen molar-refractivity contribution in [1.29, 1.82) is 0 Å². The van der Waals surface area contributed by atoms with Gasteiger partial charge in [0.15, 0.2) is 4.67 Å². The fourth-order valence-electron chi connectivity index (χ4n) is 1.64. The van der Waals surface area contributed by atoms with Gasteiger partial charge in [0.2, 0.25) is 10.0 Å². The third kappa shape index (κ3) is 3.47. The monoisotopic (exact) mass is 350 g/mol. The Morgan fingerprint density at radius 1 is 1.53 bits per heavy atom. The van der Waals surface area contributed by atoms with E-state index in [1.807, 2.05) is 20.8 Å². The van der Waals surface area contributed by atoms with Gasteiger partial charge in [-0.15, -0.1) is 6.58 Å². The van der Waals surface area contributed by atoms with E-state index >= 15 is 0 Å². The third-order valence-corrected chi connectivity index (χ3v) is 5.51. The van der Waals surface area contributed by atoms with Gasteiger partial charge in [0.1, 0.15) is 10.7 Å². The number of nitrogens with zero attached hydrogens (tertiary/aromatic N) is 1. The van der Waals surface area contributed by atoms with Gasteiger partial charge < -0.3 is 10.2 Å². The predicted molar refractivity (Wildman–Crippen MR) is 78.1 cm³/mol. The number of hydrogen-bond acceptors (Lipinski definition) is 4. The number of halogens is 1. The molecule has 0 bridgehead atoms. The first-order chi connectivity index (χ1) is 8.64. The SMILES string of the molecule is C=CCN(C(C)(C)C)S(=O)(=O)c1cc(CN)oc1Br. The molecule has 1 aromatic rings. The van der Waals surface area contributed by atoms with E-state index in [1.165, 1.54) is 10.4 Å². The molecule has 19 heavy (non-hydrogen) atoms. The lowest BCUT2D eigenvalue weighted by atomic mass is 10.1. The van der Waals surface area contributed by atoms with E-state index in [1.54, 1.807) is 6.08 Å². The lowest BCUT2D eigenvalue weighted by Crippen LogP contribution is -2.45. The topological polar surface area (TPSA) is 76.5 Å². The molecule has 0 spiro atoms. The van der Waals surface area contributed by atoms with E-state index < -0.39 is 15.6 Å². The van der Waals surface area contributed by atoms with E-state index in [0.29, 0.717) is 5.76 Å². The summed E-state index contributed by atoms with van der Waals surface area (Å²) in [6.07, 6.45) is 1.56. The summed E-state index contributed by atoms with van der Waals surface area (Å²) in [5.74, 6) is 0.415. The normalized spacial score (nSPS) is 12.9. The standard InChI is InChI=1S/C12H19BrN2O3S/c1-5-6-15(12(2,3)4)19(16,17)10-7-9(8-14)18-11(10)13/h5,7H,1,6,8,14H2,2-4H3. The lowest BCUT2D eigenvalue weighted by molar-refractivity contribution is 0.269. The highest BCUT2D eigenvalue weighted by Gasteiger charge is 2.35. The van der Waals surface area contributed by atoms with Crippen molar-refractivity contribution in [1.82, 2.24) is 4.31 Å². The van der Waals surface area contributed by atoms with Gasteiger partial charge in [0.05, 0.1) is 6.54 Å². The molecule has 1 heterocycles. The van der Waals surface area contributed by atoms with Crippen LogP contribution in [0.3, 0.4) is 0 Å². The van der Waals surface area contributed by atoms with Crippen molar-refractivity contribution in [2.45, 2.75) is 37.8 Å². The zero-order valence-electron chi connectivity index (χ0n) is 11.3. The molecule has 5 nitrogen and oxygen atoms in total. The van der Waals surface area contributed by atoms with Crippen LogP contribution in [0, 0.1) is 0 Å². The number of sulfonamides is 1. The second-order valence-corrected chi connectivity index (χ2v) is 7.60. The highest BCUT2D eigenvalue weighted by molar-refractivity contribution is 9.10. The first kappa shape index (κ1) is 16.4. The smallest absolute Gasteiger partial charge is 0.248 e. The highest BCUT2D eigenvalue weighted by atomic mass is 79.9. The average Bonchev–Trinajstić information content (AvgIpc) is 2.66. The van der Waals surface area contributed by atoms with Gasteiger partial charge in [-0.25, -0.2) is 8.42 Å². The Labute approximate surface area is 122 Å². The minimum Gasteiger partial charge on any atom is -0.452 e. The molecule has 108 valence electrons. The highest BCUT2D eigenvalue weighted by Crippen LogP contribution is 2.31. The first-order valence-corrected chi connectivity index (χ1v) is 8.00. The van der Waals surface area contributed by atoms with Crippen molar-refractivity contribution in [2.75, 3.05) is 6.54 Å². The predicted octanol–water partition coefficient (Wildman–Crippen LogP) is 2.48. The number of nitrogens with two attached hydrogens (primary N) is 1. The van der Waals surface area contributed by atoms with Crippen LogP contribution in [0.5, 0.6) is 0 Å². The second-order valence-electron chi connectivity index (χ2n) is 5.05. The molecule has 0 fully saturated rings. The van der Waals surface area contributed by atoms with E-state index in [9.17, 15) is 8.42 Å². The molecule has 0 amide bonds. The Kier molecular flexibility index (Phi) is 5.00. The van der Waals surface area contributed by atoms with Crippen molar-refractivity contribution in [3.05, 3.63) is 29.2 Å². The lowest BCUT2D eigenvalue weighted by Gasteiger charge is -2.33. The third-order valence-electron chi connectivity index (χ3n) is 2.52. The van der Waals surface area contributed by atoms with Crippen molar-refractivity contribution in [3.63, 3.8) is 0 Å². The fraction of sp³-hybridized carbons (Fsp3) is 0.500. The van der Waals surface area contributed by atoms with Gasteiger partial charge in [0, 0.05) is 18.2 Å². The van der Waals surface area contributed by atoms with Gasteiger partial charge in [0.25, 0.3) is 0 Å². The Balaban J connectivity index is 3.34. The molecule has 1 rings (SSSR count). The summed E-state index contributed by atoms with van der Waals surface area (Å²) in [6, 6.07) is 1.45. The molecule has 0 aromatic carbocycles. The second kappa shape index (κ2) is 5.78. The molecular weight excluding hydrogens is 332 g/mol. The van der Waals surface area contributed by atoms with Gasteiger partial charge >= 0.3 is 0 Å². The average molecular weight is 351 g/mol. The summed E-state index contributed by atoms with van der Waals surface area (Å²) in [7, 11) is -3.67. The van der Waals surface area contributed by atoms with Crippen LogP contribution in [0.2, 0.25) is 0 Å². The molecule has 1 aromatic heterocycles. The summed E-state index contributed by atoms with van der Waals surface area (Å²) in [6.45, 7) is 9.45. The Morgan fingerprint density at radius 3 is 2.47 bits per heavy atom. The summed E-state index contributed by atoms with van der Waals surface area (Å²) < 4.78 is 32.1. The van der Waals surface area contributed by atoms with Crippen LogP contribution in [-0.4, -0.2) is 24.8 Å². The van der Waals surface area contributed by atoms with E-state index in [4.69, 9.17) is 10.2 Å². The van der Waals surface area contributed by atoms with Crippen molar-refractivity contribution in [3.8, 4) is 0 Å². The van der Waals surface area contributed by atoms with Crippen LogP contribution in [0.15, 0.2) is 32.7 Å². The first-order valence-electron chi connectivity index (χ1n) is 5.76. The van der Waals surface area contributed by atoms with E-state index in [2.05, 4.69) is 22.5 Å². The molecule has 0 saturated heterocycles. The summed E-state index contributed by atoms with van der Waals surface area (Å²) >= 11 is 3.13. The van der Waals surface area contributed by atoms with Crippen LogP contribution in [-0.2, 0) is 16.6 Å². The molecule has 2 N–H and O–H groups in total. The van der Waals surface area contributed by atoms with Gasteiger partial charge in [-0.2, -0.15) is 4.31 Å². The largest absolute Gasteiger partial charge is 0.452 e. The maximum Gasteiger partial charge on any atom is 0.248 e. The van der Waals surface area contributed by atoms with E-state index in [0.717, 1.165) is 0 Å². The Bertz CT molecular complexity index is 558. The number of hydrogen-bond donors (Lipinski definition) is 1. The molecule has 0 atom stereocenters. The summed E-state index contributed by atoms with van der Waals surface area (Å²) in [5, 5.41) is 0. The molecule has 0 unspecified atom stereocenters. The molecule has 0 aliphatic carbocycles. The minimum atomic E-state index is -3.67. The van der Waals surface area contributed by atoms with Crippen LogP contribution in [0.25, 0.3) is 0 Å². The van der Waals surface area contributed by atoms with Crippen LogP contribution >= 0.6 is 15.9 Å². The quantitative estimate of drug-likeness (QED) is 0.827. The van der Waals surface area contributed by atoms with Gasteiger partial charge in [-0.05, 0) is 36.7 Å². The Morgan fingerprint density at radius 2 is 2.11 bits per heavy atom. The molecule has 0 aliphatic heterocycles. The summed E-state index contributed by atoms with van der Waals surface area (Å²) in [5.41, 5.74) is 4.89. The van der Waals surface area contributed by atoms with Gasteiger partial charge in [-0.3, -0.25) is 0 Å². The molecule has 0 radical (unpaired) electrons. The van der Waals surface area contributed by atoms with Crippen LogP contribution < -0.4 is 5.73 Å². The zero-order valence-corrected chi connectivity index (χ0v) is 13.7. The van der Waals surface area contributed by atoms with Gasteiger partial charge in [-0.1, -0.05) is 6.08 Å². The number of furan rings is 1. The maximum absolute atomic E-state index is 12.7. The molecule has 7 heteroatoms. The summed E-state index contributed by atoms with van der Waals surface area (Å²) in [4.78, 5) is 0.0877. The fourth-order valence-corrected chi connectivity index (χ4v) is 4.36. The molecule has 0 saturated carbocycles. The molecular formula is C12H19BrN2O3S. The van der Waals surface area contributed by atoms with Crippen molar-refractivity contribution < 1.29 is 12.8 Å². The van der Waals surface area contributed by atoms with E-state index in [-0.39, 0.29) is 22.7 Å². The van der Waals surface area contributed by atoms with Crippen LogP contribution in [0.4, 0.5) is 0 Å². The zero-order chi connectivity index (χ0) is 14.8. The molecule has 0 aliphatic rings. The van der Waals surface area contributed by atoms with Crippen molar-refractivity contribution in [2.24, 2.45) is 5.73 Å². The Hall–Kier alpha value is -0.630. The van der Waals surface area contributed by atoms with Crippen molar-refractivity contribution >= 4 is 26.0 Å². The maximum atomic E-state index is 12.7. The number of rotatable bonds is 5. The van der Waals surface area contributed by atoms with Crippen LogP contribution in [0.1, 0.15) is 26.5 Å². The minimum absolute atomic E-state index is 0.0877.